The van der Waals surface area contributed by atoms with Crippen LogP contribution in [0.4, 0.5) is 39.5 Å². The third-order valence-corrected chi connectivity index (χ3v) is 4.00. The summed E-state index contributed by atoms with van der Waals surface area (Å²) in [6, 6.07) is 0.774. The zero-order chi connectivity index (χ0) is 20.7. The van der Waals surface area contributed by atoms with E-state index in [1.54, 1.807) is 0 Å². The van der Waals surface area contributed by atoms with Crippen molar-refractivity contribution in [3.63, 3.8) is 0 Å². The second-order valence-corrected chi connectivity index (χ2v) is 5.78. The van der Waals surface area contributed by atoms with Crippen molar-refractivity contribution in [2.24, 2.45) is 0 Å². The molecule has 0 heterocycles. The largest absolute Gasteiger partial charge is 0.264 e. The van der Waals surface area contributed by atoms with Gasteiger partial charge in [0.1, 0.15) is 52.4 Å². The van der Waals surface area contributed by atoms with Crippen LogP contribution < -0.4 is 16.4 Å². The first-order chi connectivity index (χ1) is 13.1. The van der Waals surface area contributed by atoms with Gasteiger partial charge in [-0.2, -0.15) is 0 Å². The van der Waals surface area contributed by atoms with E-state index in [-0.39, 0.29) is 36.4 Å². The highest BCUT2D eigenvalue weighted by Gasteiger charge is 2.37. The highest BCUT2D eigenvalue weighted by atomic mass is 19.2. The smallest absolute Gasteiger partial charge is 0.207 e. The van der Waals surface area contributed by atoms with Gasteiger partial charge in [0.15, 0.2) is 0 Å². The average molecular weight is 404 g/mol. The standard InChI is InChI=1S/C18H6BF9/c20-7-1-10(23)16(11(24)2-7)19(17-12(25)3-8(21)4-13(17)26)18-14(27)5-9(22)6-15(18)28/h1-6H. The van der Waals surface area contributed by atoms with Crippen molar-refractivity contribution in [1.29, 1.82) is 0 Å². The summed E-state index contributed by atoms with van der Waals surface area (Å²) in [4.78, 5) is 0. The van der Waals surface area contributed by atoms with Crippen molar-refractivity contribution in [2.45, 2.75) is 0 Å². The summed E-state index contributed by atoms with van der Waals surface area (Å²) in [6.07, 6.45) is 0. The Morgan fingerprint density at radius 2 is 0.536 bits per heavy atom. The molecule has 0 saturated carbocycles. The third-order valence-electron chi connectivity index (χ3n) is 4.00. The van der Waals surface area contributed by atoms with Gasteiger partial charge in [-0.15, -0.1) is 0 Å². The Morgan fingerprint density at radius 3 is 0.714 bits per heavy atom. The number of benzene rings is 3. The molecule has 0 bridgehead atoms. The van der Waals surface area contributed by atoms with Crippen molar-refractivity contribution in [1.82, 2.24) is 0 Å². The van der Waals surface area contributed by atoms with Gasteiger partial charge < -0.3 is 0 Å². The second kappa shape index (κ2) is 7.25. The van der Waals surface area contributed by atoms with E-state index >= 15 is 0 Å². The molecule has 3 rings (SSSR count). The molecule has 28 heavy (non-hydrogen) atoms. The molecule has 0 radical (unpaired) electrons. The Kier molecular flexibility index (Phi) is 5.14. The van der Waals surface area contributed by atoms with Gasteiger partial charge in [0.25, 0.3) is 6.71 Å². The fourth-order valence-electron chi connectivity index (χ4n) is 2.92. The second-order valence-electron chi connectivity index (χ2n) is 5.78. The lowest BCUT2D eigenvalue weighted by Crippen LogP contribution is -2.59. The topological polar surface area (TPSA) is 0 Å². The molecule has 3 aromatic rings. The van der Waals surface area contributed by atoms with E-state index in [4.69, 9.17) is 0 Å². The summed E-state index contributed by atoms with van der Waals surface area (Å²) in [5, 5.41) is 0. The SMILES string of the molecule is Fc1cc(F)c(B(c2c(F)cc(F)cc2F)c2c(F)cc(F)cc2F)c(F)c1. The van der Waals surface area contributed by atoms with Crippen LogP contribution in [0.1, 0.15) is 0 Å². The Morgan fingerprint density at radius 1 is 0.357 bits per heavy atom. The summed E-state index contributed by atoms with van der Waals surface area (Å²) < 4.78 is 125. The van der Waals surface area contributed by atoms with Crippen LogP contribution in [0, 0.1) is 52.4 Å². The molecule has 0 fully saturated rings. The molecule has 10 heteroatoms. The molecule has 0 aromatic heterocycles. The molecule has 0 spiro atoms. The van der Waals surface area contributed by atoms with Gasteiger partial charge in [-0.3, -0.25) is 0 Å². The third kappa shape index (κ3) is 3.46. The van der Waals surface area contributed by atoms with E-state index in [1.165, 1.54) is 0 Å². The zero-order valence-electron chi connectivity index (χ0n) is 13.4. The van der Waals surface area contributed by atoms with Crippen LogP contribution in [-0.4, -0.2) is 6.71 Å². The Bertz CT molecular complexity index is 875. The maximum atomic E-state index is 14.3. The lowest BCUT2D eigenvalue weighted by Gasteiger charge is -2.19. The summed E-state index contributed by atoms with van der Waals surface area (Å²) in [7, 11) is 0. The predicted octanol–water partition coefficient (Wildman–Crippen LogP) is 3.45. The molecule has 144 valence electrons. The van der Waals surface area contributed by atoms with Crippen molar-refractivity contribution in [3.05, 3.63) is 88.8 Å². The molecule has 3 aromatic carbocycles. The number of halogens is 9. The highest BCUT2D eigenvalue weighted by Crippen LogP contribution is 2.14. The minimum absolute atomic E-state index is 0.129. The Labute approximate surface area is 152 Å². The van der Waals surface area contributed by atoms with E-state index in [2.05, 4.69) is 0 Å². The normalized spacial score (nSPS) is 11.0. The van der Waals surface area contributed by atoms with E-state index in [0.717, 1.165) is 0 Å². The van der Waals surface area contributed by atoms with Crippen LogP contribution in [0.5, 0.6) is 0 Å². The summed E-state index contributed by atoms with van der Waals surface area (Å²) in [5.41, 5.74) is -3.93. The van der Waals surface area contributed by atoms with E-state index in [9.17, 15) is 39.5 Å². The molecule has 0 saturated heterocycles. The van der Waals surface area contributed by atoms with Gasteiger partial charge >= 0.3 is 0 Å². The van der Waals surface area contributed by atoms with Crippen molar-refractivity contribution >= 4 is 23.1 Å². The molecule has 0 unspecified atom stereocenters. The van der Waals surface area contributed by atoms with Crippen molar-refractivity contribution in [3.8, 4) is 0 Å². The average Bonchev–Trinajstić information content (AvgIpc) is 2.51. The van der Waals surface area contributed by atoms with E-state index in [1.807, 2.05) is 0 Å². The van der Waals surface area contributed by atoms with E-state index in [0.29, 0.717) is 0 Å². The number of hydrogen-bond donors (Lipinski definition) is 0. The quantitative estimate of drug-likeness (QED) is 0.464. The Hall–Kier alpha value is -2.91. The monoisotopic (exact) mass is 404 g/mol. The first kappa shape index (κ1) is 19.8. The van der Waals surface area contributed by atoms with Crippen LogP contribution in [0.3, 0.4) is 0 Å². The van der Waals surface area contributed by atoms with E-state index < -0.39 is 75.5 Å². The molecule has 0 aliphatic rings. The summed E-state index contributed by atoms with van der Waals surface area (Å²) in [6.45, 7) is -2.48. The lowest BCUT2D eigenvalue weighted by molar-refractivity contribution is 0.548. The van der Waals surface area contributed by atoms with Crippen molar-refractivity contribution in [2.75, 3.05) is 0 Å². The van der Waals surface area contributed by atoms with Crippen LogP contribution in [-0.2, 0) is 0 Å². The minimum atomic E-state index is -2.48. The molecule has 0 amide bonds. The van der Waals surface area contributed by atoms with Gasteiger partial charge in [0.05, 0.1) is 0 Å². The first-order valence-electron chi connectivity index (χ1n) is 7.53. The fourth-order valence-corrected chi connectivity index (χ4v) is 2.92. The van der Waals surface area contributed by atoms with Gasteiger partial charge in [-0.25, -0.2) is 39.5 Å². The molecule has 0 atom stereocenters. The molecular weight excluding hydrogens is 398 g/mol. The van der Waals surface area contributed by atoms with Crippen LogP contribution in [0.25, 0.3) is 0 Å². The van der Waals surface area contributed by atoms with Crippen molar-refractivity contribution < 1.29 is 39.5 Å². The predicted molar refractivity (Wildman–Crippen MR) is 83.6 cm³/mol. The molecule has 0 N–H and O–H groups in total. The molecule has 0 aliphatic heterocycles. The van der Waals surface area contributed by atoms with Crippen LogP contribution in [0.2, 0.25) is 0 Å². The summed E-state index contributed by atoms with van der Waals surface area (Å²) >= 11 is 0. The molecular formula is C18H6BF9. The highest BCUT2D eigenvalue weighted by molar-refractivity contribution is 6.95. The van der Waals surface area contributed by atoms with Gasteiger partial charge in [0.2, 0.25) is 0 Å². The summed E-state index contributed by atoms with van der Waals surface area (Å²) in [5.74, 6) is -14.5. The van der Waals surface area contributed by atoms with Crippen LogP contribution in [0.15, 0.2) is 36.4 Å². The van der Waals surface area contributed by atoms with Crippen LogP contribution >= 0.6 is 0 Å². The first-order valence-corrected chi connectivity index (χ1v) is 7.53. The fraction of sp³-hybridized carbons (Fsp3) is 0. The lowest BCUT2D eigenvalue weighted by atomic mass is 9.36. The molecule has 0 aliphatic carbocycles. The minimum Gasteiger partial charge on any atom is -0.207 e. The molecule has 0 nitrogen and oxygen atoms in total. The van der Waals surface area contributed by atoms with Gasteiger partial charge in [-0.1, -0.05) is 0 Å². The van der Waals surface area contributed by atoms with Gasteiger partial charge in [-0.05, 0) is 0 Å². The Balaban J connectivity index is 2.45. The maximum absolute atomic E-state index is 14.3. The van der Waals surface area contributed by atoms with Gasteiger partial charge in [0, 0.05) is 52.8 Å². The number of hydrogen-bond acceptors (Lipinski definition) is 0. The maximum Gasteiger partial charge on any atom is 0.264 e. The number of rotatable bonds is 3. The zero-order valence-corrected chi connectivity index (χ0v) is 13.4.